The molecular formula is C132H200O6S6. The highest BCUT2D eigenvalue weighted by molar-refractivity contribution is 8.04. The van der Waals surface area contributed by atoms with Crippen molar-refractivity contribution >= 4 is 70.6 Å². The zero-order valence-corrected chi connectivity index (χ0v) is 98.1. The van der Waals surface area contributed by atoms with Crippen LogP contribution in [0.5, 0.6) is 34.5 Å². The summed E-state index contributed by atoms with van der Waals surface area (Å²) in [4.78, 5) is 0. The lowest BCUT2D eigenvalue weighted by atomic mass is 9.69. The molecule has 0 heterocycles. The van der Waals surface area contributed by atoms with Gasteiger partial charge in [0.05, 0.1) is 0 Å². The third-order valence-electron chi connectivity index (χ3n) is 37.5. The standard InChI is InChI=1S/C46H68O2S2.C44H68O2S2.C42H64O2S2/c47-45-39(27-37(33-17-7-3-8-18-33)29-41(45)35-21-11-5-12-22-35)31-49-43-25-15-1-2-16-26-44(43)50-32-40-28-38(34-19-9-4-10-20-34)30-42(46(40)48)36-23-13-6-14-24-36;1-41(2,3)33-25-31(39(45)35(27-33)43(7)21-15-11-16-22-43)29-47-37-19-13-9-10-14-20-38(37)48-30-32-26-34(42(4,5)6)28-36(40(32)46)44(8)23-17-12-18-24-44;1-41(2,3)33-23-31(39(43)35(25-33)29-17-11-9-12-18-29)27-45-37-21-15-7-8-16-22-38(37)46-28-32-24-34(42(4,5)6)26-36(40(32)44)30-19-13-10-14-20-30/h27-30,33-36,43-44,47-48H,1-26,31-32H2;25-28,37-38,45-46H,9-24,29-30H2,1-8H3;23-26,29-30,37-38,43-44H,7-22,27-28H2,1-6H3/t43-,44-;2*37-,38-/m000/s1. The maximum atomic E-state index is 11.9. The first kappa shape index (κ1) is 114. The summed E-state index contributed by atoms with van der Waals surface area (Å²) in [6.07, 6.45) is 74.8. The third-order valence-corrected chi connectivity index (χ3v) is 46.8. The molecule has 12 heteroatoms. The summed E-state index contributed by atoms with van der Waals surface area (Å²) in [5.74, 6) is 12.4. The summed E-state index contributed by atoms with van der Waals surface area (Å²) in [6, 6.07) is 28.5. The number of aromatic hydroxyl groups is 6. The molecule has 0 aromatic heterocycles. The quantitative estimate of drug-likeness (QED) is 0.0310. The minimum Gasteiger partial charge on any atom is -0.507 e. The molecule has 0 spiro atoms. The van der Waals surface area contributed by atoms with Crippen LogP contribution >= 0.6 is 70.6 Å². The van der Waals surface area contributed by atoms with E-state index in [1.54, 1.807) is 0 Å². The lowest BCUT2D eigenvalue weighted by Crippen LogP contribution is -2.27. The van der Waals surface area contributed by atoms with Crippen LogP contribution in [-0.4, -0.2) is 62.1 Å². The van der Waals surface area contributed by atoms with Crippen molar-refractivity contribution in [2.75, 3.05) is 0 Å². The fourth-order valence-electron chi connectivity index (χ4n) is 27.6. The van der Waals surface area contributed by atoms with Crippen LogP contribution in [-0.2, 0) is 67.0 Å². The second-order valence-electron chi connectivity index (χ2n) is 52.8. The summed E-state index contributed by atoms with van der Waals surface area (Å²) >= 11 is 12.7. The van der Waals surface area contributed by atoms with Crippen LogP contribution in [0.1, 0.15) is 605 Å². The Morgan fingerprint density at radius 2 is 0.375 bits per heavy atom. The third kappa shape index (κ3) is 31.1. The highest BCUT2D eigenvalue weighted by Gasteiger charge is 2.40. The van der Waals surface area contributed by atoms with Gasteiger partial charge in [-0.1, -0.05) is 401 Å². The molecule has 0 saturated heterocycles. The maximum absolute atomic E-state index is 11.9. The molecule has 6 atom stereocenters. The lowest BCUT2D eigenvalue weighted by molar-refractivity contribution is 0.307. The van der Waals surface area contributed by atoms with Gasteiger partial charge in [-0.3, -0.25) is 0 Å². The molecule has 0 radical (unpaired) electrons. The van der Waals surface area contributed by atoms with E-state index in [0.29, 0.717) is 102 Å². The Labute approximate surface area is 904 Å². The first-order valence-corrected chi connectivity index (χ1v) is 66.3. The van der Waals surface area contributed by atoms with Crippen molar-refractivity contribution in [3.8, 4) is 34.5 Å². The largest absolute Gasteiger partial charge is 0.507 e. The number of benzene rings is 6. The van der Waals surface area contributed by atoms with Crippen LogP contribution in [0.3, 0.4) is 0 Å². The van der Waals surface area contributed by atoms with E-state index in [0.717, 1.165) is 56.8 Å². The van der Waals surface area contributed by atoms with E-state index in [2.05, 4.69) is 240 Å². The van der Waals surface area contributed by atoms with E-state index >= 15 is 0 Å². The van der Waals surface area contributed by atoms with Gasteiger partial charge in [-0.15, -0.1) is 0 Å². The van der Waals surface area contributed by atoms with Crippen LogP contribution in [0.2, 0.25) is 0 Å². The molecule has 11 saturated carbocycles. The second kappa shape index (κ2) is 53.9. The first-order valence-electron chi connectivity index (χ1n) is 60.0. The molecule has 0 aliphatic heterocycles. The highest BCUT2D eigenvalue weighted by Crippen LogP contribution is 2.56. The minimum absolute atomic E-state index is 0.0443. The molecule has 11 fully saturated rings. The Kier molecular flexibility index (Phi) is 42.7. The number of phenolic OH excluding ortho intramolecular Hbond substituents is 6. The SMILES string of the molecule is CC(C)(C)c1cc(CS[C@H]2CCCCCC[C@@H]2SCc2cc(C(C)(C)C)cc(C3(C)CCCCC3)c2O)c(O)c(C2(C)CCCCC2)c1.CC(C)(C)c1cc(CS[C@H]2CCCCCC[C@@H]2SCc2cc(C(C)(C)C)cc(C3CCCCC3)c2O)c(O)c(C2CCCCC2)c1.Oc1c(CS[C@H]2CCCCCC[C@@H]2SCc2cc(C3CCCCC3)cc(C3CCCCC3)c2O)cc(C2CCCCC2)cc1C1CCCCC1. The Hall–Kier alpha value is -3.78. The van der Waals surface area contributed by atoms with Crippen LogP contribution < -0.4 is 0 Å². The minimum atomic E-state index is 0.0443. The summed E-state index contributed by atoms with van der Waals surface area (Å²) in [6.45, 7) is 32.6. The van der Waals surface area contributed by atoms with Crippen LogP contribution in [0, 0.1) is 0 Å². The monoisotopic (exact) mass is 2070 g/mol. The van der Waals surface area contributed by atoms with Crippen LogP contribution in [0.15, 0.2) is 72.8 Å². The number of rotatable bonds is 26. The van der Waals surface area contributed by atoms with Crippen molar-refractivity contribution in [1.29, 1.82) is 0 Å². The van der Waals surface area contributed by atoms with E-state index in [9.17, 15) is 30.6 Å². The van der Waals surface area contributed by atoms with Crippen molar-refractivity contribution < 1.29 is 30.6 Å². The van der Waals surface area contributed by atoms with Crippen molar-refractivity contribution in [3.05, 3.63) is 173 Å². The summed E-state index contributed by atoms with van der Waals surface area (Å²) in [7, 11) is 0. The van der Waals surface area contributed by atoms with Gasteiger partial charge < -0.3 is 30.6 Å². The van der Waals surface area contributed by atoms with Gasteiger partial charge in [0, 0.05) is 111 Å². The molecular weight excluding hydrogens is 1870 g/mol. The van der Waals surface area contributed by atoms with Gasteiger partial charge in [-0.05, 0) is 265 Å². The Bertz CT molecular complexity index is 4660. The molecule has 6 nitrogen and oxygen atoms in total. The zero-order valence-electron chi connectivity index (χ0n) is 93.2. The van der Waals surface area contributed by atoms with E-state index in [1.807, 2.05) is 0 Å². The average molecular weight is 2080 g/mol. The van der Waals surface area contributed by atoms with Crippen molar-refractivity contribution in [1.82, 2.24) is 0 Å². The van der Waals surface area contributed by atoms with E-state index < -0.39 is 0 Å². The van der Waals surface area contributed by atoms with E-state index in [1.165, 1.54) is 450 Å². The maximum Gasteiger partial charge on any atom is 0.123 e. The zero-order chi connectivity index (χ0) is 102. The lowest BCUT2D eigenvalue weighted by Gasteiger charge is -2.37. The molecule has 0 unspecified atom stereocenters. The average Bonchev–Trinajstić information content (AvgIpc) is 0.766. The molecule has 800 valence electrons. The summed E-state index contributed by atoms with van der Waals surface area (Å²) in [5, 5.41) is 74.3. The van der Waals surface area contributed by atoms with Gasteiger partial charge in [0.15, 0.2) is 0 Å². The Balaban J connectivity index is 0.000000163. The molecule has 6 aromatic rings. The molecule has 11 aliphatic rings. The van der Waals surface area contributed by atoms with Gasteiger partial charge >= 0.3 is 0 Å². The normalized spacial score (nSPS) is 24.1. The number of hydrogen-bond acceptors (Lipinski definition) is 12. The first-order chi connectivity index (χ1) is 69.2. The van der Waals surface area contributed by atoms with Gasteiger partial charge in [0.2, 0.25) is 0 Å². The fourth-order valence-corrected chi connectivity index (χ4v) is 36.8. The molecule has 6 aromatic carbocycles. The van der Waals surface area contributed by atoms with Crippen molar-refractivity contribution in [2.45, 2.75) is 603 Å². The van der Waals surface area contributed by atoms with Gasteiger partial charge in [0.1, 0.15) is 34.5 Å². The van der Waals surface area contributed by atoms with Crippen LogP contribution in [0.25, 0.3) is 0 Å². The topological polar surface area (TPSA) is 121 Å². The molecule has 144 heavy (non-hydrogen) atoms. The Morgan fingerprint density at radius 1 is 0.201 bits per heavy atom. The van der Waals surface area contributed by atoms with E-state index in [-0.39, 0.29) is 32.5 Å². The summed E-state index contributed by atoms with van der Waals surface area (Å²) in [5.41, 5.74) is 23.3. The molecule has 0 amide bonds. The summed E-state index contributed by atoms with van der Waals surface area (Å²) < 4.78 is 0. The number of thioether (sulfide) groups is 6. The molecule has 17 rings (SSSR count). The molecule has 11 aliphatic carbocycles. The molecule has 6 N–H and O–H groups in total. The van der Waals surface area contributed by atoms with Gasteiger partial charge in [-0.25, -0.2) is 0 Å². The second-order valence-corrected chi connectivity index (χ2v) is 60.1. The predicted octanol–water partition coefficient (Wildman–Crippen LogP) is 41.0. The van der Waals surface area contributed by atoms with Crippen LogP contribution in [0.4, 0.5) is 0 Å². The van der Waals surface area contributed by atoms with Crippen molar-refractivity contribution in [2.24, 2.45) is 0 Å². The van der Waals surface area contributed by atoms with E-state index in [4.69, 9.17) is 0 Å². The predicted molar refractivity (Wildman–Crippen MR) is 633 cm³/mol. The molecule has 0 bridgehead atoms. The fraction of sp³-hybridized carbons (Fsp3) is 0.727. The number of phenols is 6. The Morgan fingerprint density at radius 3 is 0.597 bits per heavy atom. The van der Waals surface area contributed by atoms with Gasteiger partial charge in [0.25, 0.3) is 0 Å². The van der Waals surface area contributed by atoms with Gasteiger partial charge in [-0.2, -0.15) is 70.6 Å². The highest BCUT2D eigenvalue weighted by atomic mass is 32.2. The van der Waals surface area contributed by atoms with Crippen molar-refractivity contribution in [3.63, 3.8) is 0 Å². The number of hydrogen-bond donors (Lipinski definition) is 6. The smallest absolute Gasteiger partial charge is 0.123 e.